The standard InChI is InChI=1S/C16H21N3O2/c1-12-6-5-7-14(10-12)21-9-8-18(3)16(20)15-11-17-19(4)13(15)2/h5-7,10-11H,8-9H2,1-4H3. The Labute approximate surface area is 125 Å². The molecule has 2 rings (SSSR count). The van der Waals surface area contributed by atoms with E-state index < -0.39 is 0 Å². The van der Waals surface area contributed by atoms with E-state index >= 15 is 0 Å². The van der Waals surface area contributed by atoms with Crippen LogP contribution in [0.3, 0.4) is 0 Å². The van der Waals surface area contributed by atoms with Gasteiger partial charge in [-0.15, -0.1) is 0 Å². The maximum absolute atomic E-state index is 12.3. The number of likely N-dealkylation sites (N-methyl/N-ethyl adjacent to an activating group) is 1. The molecule has 0 atom stereocenters. The van der Waals surface area contributed by atoms with Gasteiger partial charge in [-0.05, 0) is 31.5 Å². The zero-order chi connectivity index (χ0) is 15.4. The van der Waals surface area contributed by atoms with Crippen LogP contribution < -0.4 is 4.74 Å². The van der Waals surface area contributed by atoms with E-state index in [1.807, 2.05) is 45.2 Å². The smallest absolute Gasteiger partial charge is 0.257 e. The fourth-order valence-electron chi connectivity index (χ4n) is 2.02. The number of amides is 1. The number of aromatic nitrogens is 2. The van der Waals surface area contributed by atoms with Crippen molar-refractivity contribution in [1.29, 1.82) is 0 Å². The highest BCUT2D eigenvalue weighted by molar-refractivity contribution is 5.94. The van der Waals surface area contributed by atoms with Crippen molar-refractivity contribution >= 4 is 5.91 Å². The molecule has 0 saturated heterocycles. The van der Waals surface area contributed by atoms with Crippen LogP contribution in [0, 0.1) is 13.8 Å². The third-order valence-electron chi connectivity index (χ3n) is 3.50. The van der Waals surface area contributed by atoms with Gasteiger partial charge in [0.1, 0.15) is 12.4 Å². The topological polar surface area (TPSA) is 47.4 Å². The Bertz CT molecular complexity index is 634. The molecule has 5 nitrogen and oxygen atoms in total. The summed E-state index contributed by atoms with van der Waals surface area (Å²) in [6, 6.07) is 7.87. The lowest BCUT2D eigenvalue weighted by Crippen LogP contribution is -2.31. The van der Waals surface area contributed by atoms with Crippen molar-refractivity contribution in [2.24, 2.45) is 7.05 Å². The molecule has 0 fully saturated rings. The van der Waals surface area contributed by atoms with Crippen molar-refractivity contribution in [2.75, 3.05) is 20.2 Å². The molecule has 1 amide bonds. The molecule has 0 bridgehead atoms. The van der Waals surface area contributed by atoms with E-state index in [1.54, 1.807) is 22.8 Å². The number of nitrogens with zero attached hydrogens (tertiary/aromatic N) is 3. The average Bonchev–Trinajstić information content (AvgIpc) is 2.78. The first-order valence-corrected chi connectivity index (χ1v) is 6.92. The number of benzene rings is 1. The Morgan fingerprint density at radius 3 is 2.76 bits per heavy atom. The van der Waals surface area contributed by atoms with Gasteiger partial charge >= 0.3 is 0 Å². The Hall–Kier alpha value is -2.30. The van der Waals surface area contributed by atoms with Gasteiger partial charge in [-0.3, -0.25) is 9.48 Å². The van der Waals surface area contributed by atoms with Crippen LogP contribution in [0.1, 0.15) is 21.6 Å². The maximum atomic E-state index is 12.3. The number of hydrogen-bond donors (Lipinski definition) is 0. The molecule has 0 aliphatic carbocycles. The lowest BCUT2D eigenvalue weighted by atomic mass is 10.2. The second kappa shape index (κ2) is 6.43. The molecule has 2 aromatic rings. The van der Waals surface area contributed by atoms with E-state index in [0.717, 1.165) is 17.0 Å². The molecular weight excluding hydrogens is 266 g/mol. The monoisotopic (exact) mass is 287 g/mol. The van der Waals surface area contributed by atoms with Crippen molar-refractivity contribution in [2.45, 2.75) is 13.8 Å². The van der Waals surface area contributed by atoms with Gasteiger partial charge in [-0.2, -0.15) is 5.10 Å². The van der Waals surface area contributed by atoms with E-state index in [1.165, 1.54) is 0 Å². The summed E-state index contributed by atoms with van der Waals surface area (Å²) in [4.78, 5) is 13.9. The minimum atomic E-state index is -0.0338. The molecule has 21 heavy (non-hydrogen) atoms. The number of carbonyl (C=O) groups is 1. The van der Waals surface area contributed by atoms with Crippen molar-refractivity contribution in [3.05, 3.63) is 47.3 Å². The molecule has 0 saturated carbocycles. The van der Waals surface area contributed by atoms with Crippen molar-refractivity contribution in [3.8, 4) is 5.75 Å². The van der Waals surface area contributed by atoms with Crippen LogP contribution in [0.5, 0.6) is 5.75 Å². The molecular formula is C16H21N3O2. The Kier molecular flexibility index (Phi) is 4.62. The fraction of sp³-hybridized carbons (Fsp3) is 0.375. The van der Waals surface area contributed by atoms with E-state index in [9.17, 15) is 4.79 Å². The van der Waals surface area contributed by atoms with Crippen molar-refractivity contribution in [1.82, 2.24) is 14.7 Å². The zero-order valence-electron chi connectivity index (χ0n) is 13.0. The van der Waals surface area contributed by atoms with Gasteiger partial charge in [0.2, 0.25) is 0 Å². The lowest BCUT2D eigenvalue weighted by Gasteiger charge is -2.17. The predicted molar refractivity (Wildman–Crippen MR) is 81.6 cm³/mol. The first kappa shape index (κ1) is 15.1. The van der Waals surface area contributed by atoms with Crippen molar-refractivity contribution < 1.29 is 9.53 Å². The van der Waals surface area contributed by atoms with Crippen LogP contribution >= 0.6 is 0 Å². The highest BCUT2D eigenvalue weighted by Gasteiger charge is 2.16. The summed E-state index contributed by atoms with van der Waals surface area (Å²) in [7, 11) is 3.60. The minimum absolute atomic E-state index is 0.0338. The first-order chi connectivity index (χ1) is 9.99. The lowest BCUT2D eigenvalue weighted by molar-refractivity contribution is 0.0773. The average molecular weight is 287 g/mol. The number of carbonyl (C=O) groups excluding carboxylic acids is 1. The second-order valence-electron chi connectivity index (χ2n) is 5.16. The third kappa shape index (κ3) is 3.62. The van der Waals surface area contributed by atoms with E-state index in [2.05, 4.69) is 5.10 Å². The first-order valence-electron chi connectivity index (χ1n) is 6.92. The van der Waals surface area contributed by atoms with Gasteiger partial charge in [-0.1, -0.05) is 12.1 Å². The van der Waals surface area contributed by atoms with E-state index in [4.69, 9.17) is 4.74 Å². The summed E-state index contributed by atoms with van der Waals surface area (Å²) in [5, 5.41) is 4.10. The van der Waals surface area contributed by atoms with Crippen LogP contribution in [0.25, 0.3) is 0 Å². The van der Waals surface area contributed by atoms with E-state index in [-0.39, 0.29) is 5.91 Å². The Morgan fingerprint density at radius 2 is 2.14 bits per heavy atom. The summed E-state index contributed by atoms with van der Waals surface area (Å²) in [6.45, 7) is 4.90. The number of rotatable bonds is 5. The fourth-order valence-corrected chi connectivity index (χ4v) is 2.02. The van der Waals surface area contributed by atoms with Gasteiger partial charge < -0.3 is 9.64 Å². The van der Waals surface area contributed by atoms with Gasteiger partial charge in [0.15, 0.2) is 0 Å². The summed E-state index contributed by atoms with van der Waals surface area (Å²) in [6.07, 6.45) is 1.61. The summed E-state index contributed by atoms with van der Waals surface area (Å²) in [5.41, 5.74) is 2.66. The van der Waals surface area contributed by atoms with Crippen LogP contribution in [-0.4, -0.2) is 40.8 Å². The third-order valence-corrected chi connectivity index (χ3v) is 3.50. The highest BCUT2D eigenvalue weighted by Crippen LogP contribution is 2.12. The summed E-state index contributed by atoms with van der Waals surface area (Å²) in [5.74, 6) is 0.793. The van der Waals surface area contributed by atoms with Gasteiger partial charge in [0, 0.05) is 19.8 Å². The largest absolute Gasteiger partial charge is 0.492 e. The highest BCUT2D eigenvalue weighted by atomic mass is 16.5. The SMILES string of the molecule is Cc1cccc(OCCN(C)C(=O)c2cnn(C)c2C)c1. The molecule has 0 unspecified atom stereocenters. The van der Waals surface area contributed by atoms with Gasteiger partial charge in [-0.25, -0.2) is 0 Å². The maximum Gasteiger partial charge on any atom is 0.257 e. The molecule has 0 aliphatic rings. The van der Waals surface area contributed by atoms with Crippen LogP contribution in [0.4, 0.5) is 0 Å². The van der Waals surface area contributed by atoms with Crippen LogP contribution in [0.2, 0.25) is 0 Å². The van der Waals surface area contributed by atoms with Crippen LogP contribution in [-0.2, 0) is 7.05 Å². The molecule has 5 heteroatoms. The molecule has 112 valence electrons. The van der Waals surface area contributed by atoms with E-state index in [0.29, 0.717) is 18.7 Å². The summed E-state index contributed by atoms with van der Waals surface area (Å²) >= 11 is 0. The molecule has 1 aromatic heterocycles. The predicted octanol–water partition coefficient (Wildman–Crippen LogP) is 2.19. The molecule has 0 N–H and O–H groups in total. The Balaban J connectivity index is 1.88. The summed E-state index contributed by atoms with van der Waals surface area (Å²) < 4.78 is 7.36. The molecule has 1 heterocycles. The molecule has 0 spiro atoms. The second-order valence-corrected chi connectivity index (χ2v) is 5.16. The number of hydrogen-bond acceptors (Lipinski definition) is 3. The van der Waals surface area contributed by atoms with Gasteiger partial charge in [0.05, 0.1) is 18.3 Å². The molecule has 1 aromatic carbocycles. The molecule has 0 radical (unpaired) electrons. The molecule has 0 aliphatic heterocycles. The minimum Gasteiger partial charge on any atom is -0.492 e. The Morgan fingerprint density at radius 1 is 1.38 bits per heavy atom. The number of aryl methyl sites for hydroxylation is 2. The van der Waals surface area contributed by atoms with Crippen molar-refractivity contribution in [3.63, 3.8) is 0 Å². The van der Waals surface area contributed by atoms with Gasteiger partial charge in [0.25, 0.3) is 5.91 Å². The zero-order valence-corrected chi connectivity index (χ0v) is 13.0. The van der Waals surface area contributed by atoms with Crippen LogP contribution in [0.15, 0.2) is 30.5 Å². The number of ether oxygens (including phenoxy) is 1. The normalized spacial score (nSPS) is 10.5. The quantitative estimate of drug-likeness (QED) is 0.847.